The maximum Gasteiger partial charge on any atom is 0.318 e. The van der Waals surface area contributed by atoms with Gasteiger partial charge >= 0.3 is 6.03 Å². The number of urea groups is 1. The molecule has 1 N–H and O–H groups in total. The fourth-order valence-corrected chi connectivity index (χ4v) is 5.64. The van der Waals surface area contributed by atoms with Crippen LogP contribution in [0.15, 0.2) is 61.6 Å². The fourth-order valence-electron chi connectivity index (χ4n) is 5.64. The van der Waals surface area contributed by atoms with E-state index < -0.39 is 5.82 Å². The minimum Gasteiger partial charge on any atom is -0.366 e. The van der Waals surface area contributed by atoms with E-state index in [0.29, 0.717) is 31.0 Å². The highest BCUT2D eigenvalue weighted by atomic mass is 19.1. The number of piperazine rings is 1. The van der Waals surface area contributed by atoms with Crippen LogP contribution in [0, 0.1) is 17.1 Å². The molecule has 0 aliphatic carbocycles. The molecule has 2 bridgehead atoms. The lowest BCUT2D eigenvalue weighted by Crippen LogP contribution is -2.71. The molecule has 0 spiro atoms. The van der Waals surface area contributed by atoms with Crippen LogP contribution in [0.3, 0.4) is 0 Å². The average molecular weight is 538 g/mol. The van der Waals surface area contributed by atoms with Crippen molar-refractivity contribution in [3.8, 4) is 23.0 Å². The van der Waals surface area contributed by atoms with Crippen molar-refractivity contribution in [3.63, 3.8) is 0 Å². The molecule has 3 aliphatic rings. The van der Waals surface area contributed by atoms with Gasteiger partial charge in [0, 0.05) is 56.4 Å². The summed E-state index contributed by atoms with van der Waals surface area (Å²) in [5, 5.41) is 25.4. The quantitative estimate of drug-likeness (QED) is 0.365. The molecule has 8 rings (SSSR count). The monoisotopic (exact) mass is 537 g/mol. The Hall–Kier alpha value is -5.25. The highest BCUT2D eigenvalue weighted by Gasteiger charge is 2.47. The Bertz CT molecular complexity index is 1770. The summed E-state index contributed by atoms with van der Waals surface area (Å²) in [6.45, 7) is 1.64. The Kier molecular flexibility index (Phi) is 5.48. The van der Waals surface area contributed by atoms with Gasteiger partial charge in [-0.15, -0.1) is 0 Å². The number of nitriles is 1. The molecule has 3 saturated heterocycles. The number of nitrogens with zero attached hydrogens (tertiary/aromatic N) is 10. The summed E-state index contributed by atoms with van der Waals surface area (Å²) in [7, 11) is 1.87. The molecule has 8 heterocycles. The average Bonchev–Trinajstić information content (AvgIpc) is 3.71. The third-order valence-electron chi connectivity index (χ3n) is 7.56. The summed E-state index contributed by atoms with van der Waals surface area (Å²) >= 11 is 0. The van der Waals surface area contributed by atoms with Gasteiger partial charge in [-0.2, -0.15) is 20.6 Å². The summed E-state index contributed by atoms with van der Waals surface area (Å²) in [5.74, 6) is 0.0638. The number of amides is 2. The largest absolute Gasteiger partial charge is 0.366 e. The predicted octanol–water partition coefficient (Wildman–Crippen LogP) is 2.50. The molecule has 2 amide bonds. The number of aromatic nitrogens is 7. The highest BCUT2D eigenvalue weighted by Crippen LogP contribution is 2.38. The number of aryl methyl sites for hydroxylation is 1. The van der Waals surface area contributed by atoms with E-state index in [1.54, 1.807) is 33.9 Å². The number of nitrogens with one attached hydrogen (secondary N) is 1. The third-order valence-corrected chi connectivity index (χ3v) is 7.56. The summed E-state index contributed by atoms with van der Waals surface area (Å²) in [6.07, 6.45) is 12.2. The topological polar surface area (TPSA) is 125 Å². The SMILES string of the molecule is Cn1cc(-c2cc(N3CC4CC(C3)N4C(=O)NCc3ccc(-n4cc(F)cn4)nc3)c3c(C#N)cnn3c2)cn1. The number of pyridine rings is 2. The third kappa shape index (κ3) is 4.01. The van der Waals surface area contributed by atoms with E-state index in [1.807, 2.05) is 30.4 Å². The van der Waals surface area contributed by atoms with E-state index in [2.05, 4.69) is 42.6 Å². The van der Waals surface area contributed by atoms with E-state index in [4.69, 9.17) is 0 Å². The maximum atomic E-state index is 13.2. The Morgan fingerprint density at radius 2 is 1.93 bits per heavy atom. The second-order valence-corrected chi connectivity index (χ2v) is 10.1. The van der Waals surface area contributed by atoms with E-state index in [1.165, 1.54) is 10.9 Å². The van der Waals surface area contributed by atoms with Crippen LogP contribution < -0.4 is 10.2 Å². The van der Waals surface area contributed by atoms with Gasteiger partial charge in [0.1, 0.15) is 11.6 Å². The molecule has 0 radical (unpaired) electrons. The zero-order valence-electron chi connectivity index (χ0n) is 21.5. The molecule has 5 aromatic rings. The van der Waals surface area contributed by atoms with Crippen molar-refractivity contribution >= 4 is 17.2 Å². The number of anilines is 1. The highest BCUT2D eigenvalue weighted by molar-refractivity contribution is 5.84. The number of carbonyl (C=O) groups excluding carboxylic acids is 1. The van der Waals surface area contributed by atoms with E-state index >= 15 is 0 Å². The van der Waals surface area contributed by atoms with E-state index in [0.717, 1.165) is 40.5 Å². The molecule has 3 aliphatic heterocycles. The molecular weight excluding hydrogens is 513 g/mol. The molecule has 5 aromatic heterocycles. The summed E-state index contributed by atoms with van der Waals surface area (Å²) < 4.78 is 18.1. The van der Waals surface area contributed by atoms with Crippen LogP contribution in [0.5, 0.6) is 0 Å². The van der Waals surface area contributed by atoms with Gasteiger partial charge in [0.05, 0.1) is 48.1 Å². The van der Waals surface area contributed by atoms with Gasteiger partial charge in [-0.1, -0.05) is 6.07 Å². The first-order chi connectivity index (χ1) is 19.5. The number of piperidine rings is 1. The standard InChI is InChI=1S/C27H24FN11O/c1-35-12-20(10-32-35)18-4-24(26-19(6-29)9-33-38(26)13-18)36-15-22-5-23(16-36)39(22)27(40)31-8-17-2-3-25(30-7-17)37-14-21(28)11-34-37/h2-4,7,9-14,22-23H,5,8,15-16H2,1H3,(H,31,40). The van der Waals surface area contributed by atoms with Gasteiger partial charge < -0.3 is 15.1 Å². The summed E-state index contributed by atoms with van der Waals surface area (Å²) in [6, 6.07) is 7.91. The first-order valence-electron chi connectivity index (χ1n) is 12.8. The number of halogens is 1. The minimum atomic E-state index is -0.432. The van der Waals surface area contributed by atoms with Crippen molar-refractivity contribution < 1.29 is 9.18 Å². The first-order valence-corrected chi connectivity index (χ1v) is 12.8. The lowest BCUT2D eigenvalue weighted by atomic mass is 9.87. The number of carbonyl (C=O) groups is 1. The lowest BCUT2D eigenvalue weighted by Gasteiger charge is -2.56. The lowest BCUT2D eigenvalue weighted by molar-refractivity contribution is 0.0368. The number of hydrogen-bond donors (Lipinski definition) is 1. The Labute approximate surface area is 227 Å². The van der Waals surface area contributed by atoms with Gasteiger partial charge in [-0.3, -0.25) is 4.68 Å². The Morgan fingerprint density at radius 1 is 1.07 bits per heavy atom. The van der Waals surface area contributed by atoms with E-state index in [-0.39, 0.29) is 18.1 Å². The van der Waals surface area contributed by atoms with Crippen LogP contribution in [0.1, 0.15) is 17.5 Å². The summed E-state index contributed by atoms with van der Waals surface area (Å²) in [5.41, 5.74) is 4.95. The number of fused-ring (bicyclic) bond motifs is 3. The van der Waals surface area contributed by atoms with E-state index in [9.17, 15) is 14.4 Å². The molecule has 0 aromatic carbocycles. The molecular formula is C27H24FN11O. The maximum absolute atomic E-state index is 13.2. The van der Waals surface area contributed by atoms with Crippen LogP contribution in [0.4, 0.5) is 14.9 Å². The molecule has 12 nitrogen and oxygen atoms in total. The van der Waals surface area contributed by atoms with Crippen molar-refractivity contribution in [2.45, 2.75) is 25.0 Å². The van der Waals surface area contributed by atoms with Gasteiger partial charge in [0.15, 0.2) is 11.6 Å². The molecule has 200 valence electrons. The second-order valence-electron chi connectivity index (χ2n) is 10.1. The van der Waals surface area contributed by atoms with Crippen molar-refractivity contribution in [1.82, 2.24) is 44.4 Å². The normalized spacial score (nSPS) is 18.0. The van der Waals surface area contributed by atoms with Crippen molar-refractivity contribution in [2.24, 2.45) is 7.05 Å². The van der Waals surface area contributed by atoms with Crippen LogP contribution in [-0.2, 0) is 13.6 Å². The minimum absolute atomic E-state index is 0.0597. The Morgan fingerprint density at radius 3 is 2.60 bits per heavy atom. The van der Waals surface area contributed by atoms with Gasteiger partial charge in [-0.05, 0) is 24.1 Å². The molecule has 0 saturated carbocycles. The molecule has 13 heteroatoms. The van der Waals surface area contributed by atoms with Crippen molar-refractivity contribution in [2.75, 3.05) is 18.0 Å². The molecule has 40 heavy (non-hydrogen) atoms. The van der Waals surface area contributed by atoms with Crippen LogP contribution in [0.2, 0.25) is 0 Å². The predicted molar refractivity (Wildman–Crippen MR) is 142 cm³/mol. The number of hydrogen-bond acceptors (Lipinski definition) is 7. The fraction of sp³-hybridized carbons (Fsp3) is 0.259. The second kappa shape index (κ2) is 9.19. The molecule has 2 atom stereocenters. The molecule has 2 unspecified atom stereocenters. The van der Waals surface area contributed by atoms with Gasteiger partial charge in [-0.25, -0.2) is 23.4 Å². The zero-order chi connectivity index (χ0) is 27.4. The van der Waals surface area contributed by atoms with Crippen LogP contribution in [-0.4, -0.2) is 70.3 Å². The zero-order valence-corrected chi connectivity index (χ0v) is 21.5. The van der Waals surface area contributed by atoms with Gasteiger partial charge in [0.25, 0.3) is 0 Å². The van der Waals surface area contributed by atoms with Crippen LogP contribution in [0.25, 0.3) is 22.5 Å². The molecule has 3 fully saturated rings. The first kappa shape index (κ1) is 23.8. The van der Waals surface area contributed by atoms with Crippen molar-refractivity contribution in [3.05, 3.63) is 78.5 Å². The smallest absolute Gasteiger partial charge is 0.318 e. The van der Waals surface area contributed by atoms with Crippen LogP contribution >= 0.6 is 0 Å². The number of rotatable bonds is 5. The van der Waals surface area contributed by atoms with Gasteiger partial charge in [0.2, 0.25) is 0 Å². The Balaban J connectivity index is 1.06. The van der Waals surface area contributed by atoms with Crippen molar-refractivity contribution in [1.29, 1.82) is 5.26 Å². The summed E-state index contributed by atoms with van der Waals surface area (Å²) in [4.78, 5) is 21.6.